The lowest BCUT2D eigenvalue weighted by Gasteiger charge is -2.07. The minimum absolute atomic E-state index is 0.0410. The number of methoxy groups -OCH3 is 1. The topological polar surface area (TPSA) is 43.3 Å². The third kappa shape index (κ3) is 4.13. The predicted molar refractivity (Wildman–Crippen MR) is 128 cm³/mol. The van der Waals surface area contributed by atoms with E-state index in [1.54, 1.807) is 7.11 Å². The highest BCUT2D eigenvalue weighted by atomic mass is 16.5. The molecule has 1 saturated carbocycles. The Balaban J connectivity index is 1.31. The Morgan fingerprint density at radius 1 is 1.03 bits per heavy atom. The maximum Gasteiger partial charge on any atom is 0.224 e. The number of carbonyl (C=O) groups excluding carboxylic acids is 1. The third-order valence-corrected chi connectivity index (χ3v) is 6.42. The number of para-hydroxylation sites is 1. The molecule has 2 atom stereocenters. The number of nitrogens with zero attached hydrogens (tertiary/aromatic N) is 1. The largest absolute Gasteiger partial charge is 0.497 e. The first-order valence-electron chi connectivity index (χ1n) is 11.2. The minimum Gasteiger partial charge on any atom is -0.497 e. The highest BCUT2D eigenvalue weighted by Crippen LogP contribution is 2.50. The summed E-state index contributed by atoms with van der Waals surface area (Å²) in [6.07, 6.45) is 3.16. The fourth-order valence-electron chi connectivity index (χ4n) is 4.52. The second kappa shape index (κ2) is 8.54. The highest BCUT2D eigenvalue weighted by Gasteiger charge is 2.45. The molecule has 0 unspecified atom stereocenters. The molecule has 1 heterocycles. The maximum absolute atomic E-state index is 12.8. The van der Waals surface area contributed by atoms with Gasteiger partial charge in [-0.2, -0.15) is 0 Å². The number of nitrogens with one attached hydrogen (secondary N) is 1. The molecule has 1 aromatic heterocycles. The van der Waals surface area contributed by atoms with Gasteiger partial charge in [0, 0.05) is 36.1 Å². The second-order valence-electron chi connectivity index (χ2n) is 8.73. The fourth-order valence-corrected chi connectivity index (χ4v) is 4.52. The first-order chi connectivity index (χ1) is 15.6. The van der Waals surface area contributed by atoms with Gasteiger partial charge in [0.2, 0.25) is 5.91 Å². The summed E-state index contributed by atoms with van der Waals surface area (Å²) in [7, 11) is 1.65. The Hall–Kier alpha value is -3.53. The Kier molecular flexibility index (Phi) is 5.44. The molecule has 5 rings (SSSR count). The van der Waals surface area contributed by atoms with Crippen LogP contribution < -0.4 is 10.1 Å². The van der Waals surface area contributed by atoms with Crippen molar-refractivity contribution in [3.63, 3.8) is 0 Å². The van der Waals surface area contributed by atoms with Gasteiger partial charge in [-0.25, -0.2) is 0 Å². The van der Waals surface area contributed by atoms with E-state index in [0.29, 0.717) is 6.54 Å². The molecule has 162 valence electrons. The molecule has 1 fully saturated rings. The number of carbonyl (C=O) groups is 1. The average molecular weight is 425 g/mol. The molecule has 0 radical (unpaired) electrons. The summed E-state index contributed by atoms with van der Waals surface area (Å²) < 4.78 is 7.59. The first-order valence-corrected chi connectivity index (χ1v) is 11.2. The number of amides is 1. The Bertz CT molecular complexity index is 1260. The highest BCUT2D eigenvalue weighted by molar-refractivity contribution is 5.89. The van der Waals surface area contributed by atoms with Gasteiger partial charge in [0.15, 0.2) is 0 Å². The van der Waals surface area contributed by atoms with Crippen LogP contribution in [0.15, 0.2) is 79.0 Å². The van der Waals surface area contributed by atoms with Gasteiger partial charge >= 0.3 is 0 Å². The van der Waals surface area contributed by atoms with Gasteiger partial charge in [-0.05, 0) is 54.2 Å². The summed E-state index contributed by atoms with van der Waals surface area (Å²) in [4.78, 5) is 12.8. The van der Waals surface area contributed by atoms with Crippen LogP contribution in [0.25, 0.3) is 10.9 Å². The van der Waals surface area contributed by atoms with Gasteiger partial charge in [0.25, 0.3) is 0 Å². The van der Waals surface area contributed by atoms with Crippen LogP contribution in [-0.2, 0) is 17.9 Å². The van der Waals surface area contributed by atoms with Gasteiger partial charge in [-0.15, -0.1) is 0 Å². The molecule has 32 heavy (non-hydrogen) atoms. The summed E-state index contributed by atoms with van der Waals surface area (Å²) in [5.74, 6) is 1.26. The van der Waals surface area contributed by atoms with E-state index in [9.17, 15) is 4.79 Å². The number of benzene rings is 3. The van der Waals surface area contributed by atoms with E-state index in [1.807, 2.05) is 24.3 Å². The molecule has 0 bridgehead atoms. The molecule has 4 nitrogen and oxygen atoms in total. The molecule has 0 aliphatic heterocycles. The Labute approximate surface area is 188 Å². The quantitative estimate of drug-likeness (QED) is 0.430. The lowest BCUT2D eigenvalue weighted by Crippen LogP contribution is -2.24. The smallest absolute Gasteiger partial charge is 0.224 e. The third-order valence-electron chi connectivity index (χ3n) is 6.42. The second-order valence-corrected chi connectivity index (χ2v) is 8.73. The number of hydrogen-bond acceptors (Lipinski definition) is 2. The number of ether oxygens (including phenoxy) is 1. The Morgan fingerprint density at radius 2 is 1.84 bits per heavy atom. The van der Waals surface area contributed by atoms with Gasteiger partial charge in [0.05, 0.1) is 7.11 Å². The van der Waals surface area contributed by atoms with Crippen LogP contribution in [0.2, 0.25) is 0 Å². The number of hydrogen-bond donors (Lipinski definition) is 1. The fraction of sp³-hybridized carbons (Fsp3) is 0.250. The van der Waals surface area contributed by atoms with Crippen LogP contribution in [-0.4, -0.2) is 17.6 Å². The molecule has 1 N–H and O–H groups in total. The maximum atomic E-state index is 12.8. The minimum atomic E-state index is 0.0410. The van der Waals surface area contributed by atoms with Crippen LogP contribution in [0.1, 0.15) is 34.6 Å². The summed E-state index contributed by atoms with van der Waals surface area (Å²) in [5.41, 5.74) is 6.11. The number of aryl methyl sites for hydroxylation is 1. The van der Waals surface area contributed by atoms with Crippen molar-refractivity contribution in [2.45, 2.75) is 32.4 Å². The summed E-state index contributed by atoms with van der Waals surface area (Å²) in [5, 5.41) is 4.37. The molecule has 4 aromatic rings. The van der Waals surface area contributed by atoms with Crippen LogP contribution >= 0.6 is 0 Å². The van der Waals surface area contributed by atoms with Crippen molar-refractivity contribution >= 4 is 16.8 Å². The van der Waals surface area contributed by atoms with Crippen LogP contribution in [0.5, 0.6) is 5.75 Å². The van der Waals surface area contributed by atoms with Crippen LogP contribution in [0.4, 0.5) is 0 Å². The van der Waals surface area contributed by atoms with Gasteiger partial charge in [-0.1, -0.05) is 60.2 Å². The van der Waals surface area contributed by atoms with Crippen molar-refractivity contribution in [1.29, 1.82) is 0 Å². The molecule has 1 aliphatic carbocycles. The zero-order valence-corrected chi connectivity index (χ0v) is 18.5. The molecular weight excluding hydrogens is 396 g/mol. The predicted octanol–water partition coefficient (Wildman–Crippen LogP) is 5.43. The molecular formula is C28H28N2O2. The molecule has 0 saturated heterocycles. The zero-order valence-electron chi connectivity index (χ0n) is 18.5. The lowest BCUT2D eigenvalue weighted by molar-refractivity contribution is -0.122. The van der Waals surface area contributed by atoms with Gasteiger partial charge in [-0.3, -0.25) is 4.79 Å². The van der Waals surface area contributed by atoms with Crippen molar-refractivity contribution in [2.75, 3.05) is 7.11 Å². The van der Waals surface area contributed by atoms with Crippen molar-refractivity contribution in [2.24, 2.45) is 5.92 Å². The van der Waals surface area contributed by atoms with E-state index in [2.05, 4.69) is 71.5 Å². The first kappa shape index (κ1) is 20.4. The van der Waals surface area contributed by atoms with Gasteiger partial charge in [0.1, 0.15) is 5.75 Å². The lowest BCUT2D eigenvalue weighted by atomic mass is 10.1. The van der Waals surface area contributed by atoms with E-state index >= 15 is 0 Å². The number of fused-ring (bicyclic) bond motifs is 1. The monoisotopic (exact) mass is 424 g/mol. The van der Waals surface area contributed by atoms with E-state index in [1.165, 1.54) is 27.6 Å². The summed E-state index contributed by atoms with van der Waals surface area (Å²) >= 11 is 0. The molecule has 3 aromatic carbocycles. The van der Waals surface area contributed by atoms with Crippen molar-refractivity contribution in [1.82, 2.24) is 9.88 Å². The standard InChI is InChI=1S/C28H28N2O2/c1-19-10-12-20(13-11-19)17-30-18-26(23-8-3-4-9-27(23)30)24-15-25(24)28(31)29-16-21-6-5-7-22(14-21)32-2/h3-14,18,24-25H,15-17H2,1-2H3,(H,29,31)/t24-,25-/m0/s1. The van der Waals surface area contributed by atoms with Crippen LogP contribution in [0.3, 0.4) is 0 Å². The van der Waals surface area contributed by atoms with Crippen LogP contribution in [0, 0.1) is 12.8 Å². The summed E-state index contributed by atoms with van der Waals surface area (Å²) in [6, 6.07) is 25.0. The normalized spacial score (nSPS) is 17.3. The molecule has 1 amide bonds. The van der Waals surface area contributed by atoms with E-state index in [4.69, 9.17) is 4.74 Å². The Morgan fingerprint density at radius 3 is 2.66 bits per heavy atom. The zero-order chi connectivity index (χ0) is 22.1. The molecule has 1 aliphatic rings. The number of rotatable bonds is 7. The summed E-state index contributed by atoms with van der Waals surface area (Å²) in [6.45, 7) is 3.47. The molecule has 4 heteroatoms. The number of aromatic nitrogens is 1. The average Bonchev–Trinajstić information content (AvgIpc) is 3.55. The van der Waals surface area contributed by atoms with E-state index < -0.39 is 0 Å². The van der Waals surface area contributed by atoms with Crippen molar-refractivity contribution < 1.29 is 9.53 Å². The van der Waals surface area contributed by atoms with Crippen molar-refractivity contribution in [3.8, 4) is 5.75 Å². The van der Waals surface area contributed by atoms with E-state index in [0.717, 1.165) is 24.3 Å². The SMILES string of the molecule is COc1cccc(CNC(=O)[C@H]2C[C@@H]2c2cn(Cc3ccc(C)cc3)c3ccccc23)c1. The van der Waals surface area contributed by atoms with E-state index in [-0.39, 0.29) is 17.7 Å². The molecule has 0 spiro atoms. The van der Waals surface area contributed by atoms with Gasteiger partial charge < -0.3 is 14.6 Å². The van der Waals surface area contributed by atoms with Crippen molar-refractivity contribution in [3.05, 3.63) is 101 Å².